The van der Waals surface area contributed by atoms with Gasteiger partial charge in [0.15, 0.2) is 0 Å². The summed E-state index contributed by atoms with van der Waals surface area (Å²) in [5.74, 6) is 0.468. The van der Waals surface area contributed by atoms with Gasteiger partial charge in [0.1, 0.15) is 11.6 Å². The zero-order valence-electron chi connectivity index (χ0n) is 11.0. The van der Waals surface area contributed by atoms with Gasteiger partial charge in [0.2, 0.25) is 5.82 Å². The molecule has 0 aliphatic heterocycles. The van der Waals surface area contributed by atoms with Crippen LogP contribution >= 0.6 is 15.9 Å². The van der Waals surface area contributed by atoms with E-state index in [1.54, 1.807) is 37.3 Å². The van der Waals surface area contributed by atoms with Crippen molar-refractivity contribution in [3.8, 4) is 28.6 Å². The quantitative estimate of drug-likeness (QED) is 0.749. The molecule has 0 fully saturated rings. The fourth-order valence-corrected chi connectivity index (χ4v) is 2.32. The largest absolute Gasteiger partial charge is 0.508 e. The molecule has 0 unspecified atom stereocenters. The van der Waals surface area contributed by atoms with Crippen LogP contribution in [0.3, 0.4) is 0 Å². The number of benzene rings is 2. The summed E-state index contributed by atoms with van der Waals surface area (Å²) >= 11 is 3.12. The first-order valence-electron chi connectivity index (χ1n) is 6.14. The Kier molecular flexibility index (Phi) is 3.47. The minimum absolute atomic E-state index is 0.164. The van der Waals surface area contributed by atoms with Gasteiger partial charge in [-0.1, -0.05) is 11.2 Å². The molecule has 0 amide bonds. The van der Waals surface area contributed by atoms with Crippen molar-refractivity contribution >= 4 is 15.9 Å². The summed E-state index contributed by atoms with van der Waals surface area (Å²) in [6.07, 6.45) is 0. The third kappa shape index (κ3) is 2.54. The first kappa shape index (κ1) is 13.8. The maximum Gasteiger partial charge on any atom is 0.258 e. The minimum Gasteiger partial charge on any atom is -0.508 e. The highest BCUT2D eigenvalue weighted by Crippen LogP contribution is 2.30. The van der Waals surface area contributed by atoms with Crippen LogP contribution in [0.15, 0.2) is 45.4 Å². The van der Waals surface area contributed by atoms with Gasteiger partial charge in [-0.05, 0) is 53.2 Å². The first-order chi connectivity index (χ1) is 10.1. The van der Waals surface area contributed by atoms with Crippen molar-refractivity contribution in [3.05, 3.63) is 52.3 Å². The van der Waals surface area contributed by atoms with Gasteiger partial charge in [0.05, 0.1) is 4.47 Å². The summed E-state index contributed by atoms with van der Waals surface area (Å²) in [7, 11) is 0. The summed E-state index contributed by atoms with van der Waals surface area (Å²) in [5.41, 5.74) is 1.96. The highest BCUT2D eigenvalue weighted by molar-refractivity contribution is 9.10. The van der Waals surface area contributed by atoms with Crippen LogP contribution in [0.1, 0.15) is 5.56 Å². The lowest BCUT2D eigenvalue weighted by molar-refractivity contribution is 0.430. The molecule has 0 aliphatic carbocycles. The second-order valence-corrected chi connectivity index (χ2v) is 5.36. The van der Waals surface area contributed by atoms with Crippen molar-refractivity contribution in [1.29, 1.82) is 0 Å². The molecular weight excluding hydrogens is 339 g/mol. The zero-order chi connectivity index (χ0) is 15.0. The molecule has 1 N–H and O–H groups in total. The van der Waals surface area contributed by atoms with E-state index in [-0.39, 0.29) is 11.6 Å². The molecule has 0 saturated heterocycles. The lowest BCUT2D eigenvalue weighted by atomic mass is 10.1. The monoisotopic (exact) mass is 348 g/mol. The van der Waals surface area contributed by atoms with Crippen molar-refractivity contribution in [2.45, 2.75) is 6.92 Å². The van der Waals surface area contributed by atoms with Crippen molar-refractivity contribution in [1.82, 2.24) is 10.1 Å². The molecule has 0 spiro atoms. The molecule has 6 heteroatoms. The van der Waals surface area contributed by atoms with Gasteiger partial charge in [0.25, 0.3) is 5.89 Å². The van der Waals surface area contributed by atoms with Crippen LogP contribution in [-0.4, -0.2) is 15.2 Å². The molecule has 0 atom stereocenters. The fraction of sp³-hybridized carbons (Fsp3) is 0.0667. The van der Waals surface area contributed by atoms with E-state index in [2.05, 4.69) is 26.1 Å². The molecule has 2 aromatic carbocycles. The third-order valence-corrected chi connectivity index (χ3v) is 3.75. The Hall–Kier alpha value is -2.21. The van der Waals surface area contributed by atoms with Crippen molar-refractivity contribution in [2.75, 3.05) is 0 Å². The van der Waals surface area contributed by atoms with E-state index in [9.17, 15) is 9.50 Å². The van der Waals surface area contributed by atoms with Crippen LogP contribution in [0.2, 0.25) is 0 Å². The van der Waals surface area contributed by atoms with Gasteiger partial charge < -0.3 is 9.63 Å². The summed E-state index contributed by atoms with van der Waals surface area (Å²) in [4.78, 5) is 4.29. The van der Waals surface area contributed by atoms with E-state index in [0.29, 0.717) is 32.9 Å². The molecule has 3 rings (SSSR count). The number of phenols is 1. The van der Waals surface area contributed by atoms with Crippen molar-refractivity contribution in [2.24, 2.45) is 0 Å². The van der Waals surface area contributed by atoms with Crippen molar-refractivity contribution in [3.63, 3.8) is 0 Å². The van der Waals surface area contributed by atoms with Gasteiger partial charge >= 0.3 is 0 Å². The molecule has 0 aliphatic rings. The van der Waals surface area contributed by atoms with E-state index < -0.39 is 0 Å². The summed E-state index contributed by atoms with van der Waals surface area (Å²) in [6.45, 7) is 1.77. The number of rotatable bonds is 2. The lowest BCUT2D eigenvalue weighted by Crippen LogP contribution is -1.85. The van der Waals surface area contributed by atoms with Gasteiger partial charge in [0, 0.05) is 16.7 Å². The molecule has 0 radical (unpaired) electrons. The SMILES string of the molecule is Cc1c(O)cccc1-c1nc(-c2ccc(F)c(Br)c2)no1. The van der Waals surface area contributed by atoms with Gasteiger partial charge in [-0.3, -0.25) is 0 Å². The van der Waals surface area contributed by atoms with E-state index >= 15 is 0 Å². The average molecular weight is 349 g/mol. The second kappa shape index (κ2) is 5.29. The summed E-state index contributed by atoms with van der Waals surface area (Å²) in [6, 6.07) is 9.56. The normalized spacial score (nSPS) is 10.8. The first-order valence-corrected chi connectivity index (χ1v) is 6.93. The average Bonchev–Trinajstić information content (AvgIpc) is 2.94. The smallest absolute Gasteiger partial charge is 0.258 e. The van der Waals surface area contributed by atoms with Crippen LogP contribution in [0.5, 0.6) is 5.75 Å². The number of halogens is 2. The Bertz CT molecular complexity index is 817. The Labute approximate surface area is 128 Å². The predicted molar refractivity (Wildman–Crippen MR) is 79.2 cm³/mol. The number of aromatic nitrogens is 2. The molecular formula is C15H10BrFN2O2. The molecule has 0 saturated carbocycles. The Morgan fingerprint density at radius 1 is 1.24 bits per heavy atom. The van der Waals surface area contributed by atoms with E-state index in [1.165, 1.54) is 6.07 Å². The molecule has 106 valence electrons. The summed E-state index contributed by atoms with van der Waals surface area (Å²) in [5, 5.41) is 13.6. The third-order valence-electron chi connectivity index (χ3n) is 3.14. The highest BCUT2D eigenvalue weighted by Gasteiger charge is 2.14. The predicted octanol–water partition coefficient (Wildman–Crippen LogP) is 4.32. The molecule has 21 heavy (non-hydrogen) atoms. The van der Waals surface area contributed by atoms with E-state index in [1.807, 2.05) is 0 Å². The number of phenolic OH excluding ortho intramolecular Hbond substituents is 1. The Balaban J connectivity index is 2.03. The van der Waals surface area contributed by atoms with Gasteiger partial charge in [-0.15, -0.1) is 0 Å². The van der Waals surface area contributed by atoms with Crippen LogP contribution in [-0.2, 0) is 0 Å². The minimum atomic E-state index is -0.355. The second-order valence-electron chi connectivity index (χ2n) is 4.50. The van der Waals surface area contributed by atoms with Crippen LogP contribution < -0.4 is 0 Å². The molecule has 0 bridgehead atoms. The highest BCUT2D eigenvalue weighted by atomic mass is 79.9. The zero-order valence-corrected chi connectivity index (χ0v) is 12.6. The molecule has 1 aromatic heterocycles. The van der Waals surface area contributed by atoms with Gasteiger partial charge in [-0.2, -0.15) is 4.98 Å². The number of nitrogens with zero attached hydrogens (tertiary/aromatic N) is 2. The standard InChI is InChI=1S/C15H10BrFN2O2/c1-8-10(3-2-4-13(8)20)15-18-14(19-21-15)9-5-6-12(17)11(16)7-9/h2-7,20H,1H3. The number of hydrogen-bond acceptors (Lipinski definition) is 4. The number of hydrogen-bond donors (Lipinski definition) is 1. The maximum atomic E-state index is 13.2. The molecule has 1 heterocycles. The fourth-order valence-electron chi connectivity index (χ4n) is 1.94. The Morgan fingerprint density at radius 2 is 2.05 bits per heavy atom. The maximum absolute atomic E-state index is 13.2. The Morgan fingerprint density at radius 3 is 2.81 bits per heavy atom. The van der Waals surface area contributed by atoms with Crippen LogP contribution in [0.25, 0.3) is 22.8 Å². The van der Waals surface area contributed by atoms with E-state index in [4.69, 9.17) is 4.52 Å². The van der Waals surface area contributed by atoms with Crippen LogP contribution in [0, 0.1) is 12.7 Å². The van der Waals surface area contributed by atoms with Crippen molar-refractivity contribution < 1.29 is 14.0 Å². The topological polar surface area (TPSA) is 59.2 Å². The molecule has 3 aromatic rings. The van der Waals surface area contributed by atoms with Crippen LogP contribution in [0.4, 0.5) is 4.39 Å². The number of aromatic hydroxyl groups is 1. The lowest BCUT2D eigenvalue weighted by Gasteiger charge is -2.02. The van der Waals surface area contributed by atoms with E-state index in [0.717, 1.165) is 0 Å². The van der Waals surface area contributed by atoms with Gasteiger partial charge in [-0.25, -0.2) is 4.39 Å². The summed E-state index contributed by atoms with van der Waals surface area (Å²) < 4.78 is 18.8. The molecule has 4 nitrogen and oxygen atoms in total.